The zero-order chi connectivity index (χ0) is 25.9. The molecule has 3 aromatic heterocycles. The lowest BCUT2D eigenvalue weighted by Gasteiger charge is -2.30. The van der Waals surface area contributed by atoms with Gasteiger partial charge in [0.2, 0.25) is 0 Å². The molecule has 5 aromatic rings. The Hall–Kier alpha value is -3.56. The van der Waals surface area contributed by atoms with Crippen molar-refractivity contribution in [2.45, 2.75) is 37.6 Å². The molecule has 4 heterocycles. The summed E-state index contributed by atoms with van der Waals surface area (Å²) in [4.78, 5) is 11.6. The SMILES string of the molecule is Cc1ccc2c(-c3cc(F)c4nc(C)n(C5CCN(C)CC5)c4c3)cn(S(=O)(=O)c3ccccc3)c2n1. The summed E-state index contributed by atoms with van der Waals surface area (Å²) in [7, 11) is -1.80. The van der Waals surface area contributed by atoms with E-state index in [9.17, 15) is 8.42 Å². The summed E-state index contributed by atoms with van der Waals surface area (Å²) >= 11 is 0. The van der Waals surface area contributed by atoms with Crippen LogP contribution in [-0.2, 0) is 10.0 Å². The molecule has 9 heteroatoms. The van der Waals surface area contributed by atoms with E-state index in [-0.39, 0.29) is 10.9 Å². The summed E-state index contributed by atoms with van der Waals surface area (Å²) in [5.41, 5.74) is 3.29. The number of hydrogen-bond acceptors (Lipinski definition) is 5. The second-order valence-corrected chi connectivity index (χ2v) is 11.7. The molecule has 1 aliphatic rings. The van der Waals surface area contributed by atoms with Gasteiger partial charge in [0.05, 0.1) is 10.4 Å². The fraction of sp³-hybridized carbons (Fsp3) is 0.286. The minimum atomic E-state index is -3.91. The van der Waals surface area contributed by atoms with Crippen molar-refractivity contribution in [2.75, 3.05) is 20.1 Å². The van der Waals surface area contributed by atoms with Gasteiger partial charge in [0.15, 0.2) is 11.5 Å². The molecule has 0 amide bonds. The van der Waals surface area contributed by atoms with E-state index in [0.29, 0.717) is 33.4 Å². The van der Waals surface area contributed by atoms with Crippen LogP contribution in [0.5, 0.6) is 0 Å². The molecule has 7 nitrogen and oxygen atoms in total. The second kappa shape index (κ2) is 8.78. The maximum Gasteiger partial charge on any atom is 0.269 e. The minimum absolute atomic E-state index is 0.166. The van der Waals surface area contributed by atoms with Crippen molar-refractivity contribution < 1.29 is 12.8 Å². The van der Waals surface area contributed by atoms with E-state index in [0.717, 1.165) is 37.3 Å². The number of aryl methyl sites for hydroxylation is 2. The van der Waals surface area contributed by atoms with E-state index in [2.05, 4.69) is 26.5 Å². The van der Waals surface area contributed by atoms with Crippen molar-refractivity contribution in [2.24, 2.45) is 0 Å². The van der Waals surface area contributed by atoms with Crippen molar-refractivity contribution in [3.8, 4) is 11.1 Å². The van der Waals surface area contributed by atoms with Crippen molar-refractivity contribution >= 4 is 32.1 Å². The number of nitrogens with zero attached hydrogens (tertiary/aromatic N) is 5. The molecule has 0 spiro atoms. The Morgan fingerprint density at radius 1 is 0.973 bits per heavy atom. The molecule has 0 saturated carbocycles. The van der Waals surface area contributed by atoms with Crippen LogP contribution in [0.2, 0.25) is 0 Å². The van der Waals surface area contributed by atoms with Gasteiger partial charge in [0.25, 0.3) is 10.0 Å². The number of rotatable bonds is 4. The zero-order valence-corrected chi connectivity index (χ0v) is 21.8. The summed E-state index contributed by atoms with van der Waals surface area (Å²) in [5.74, 6) is 0.362. The number of pyridine rings is 1. The van der Waals surface area contributed by atoms with Crippen LogP contribution in [0.3, 0.4) is 0 Å². The Labute approximate surface area is 215 Å². The average molecular weight is 518 g/mol. The topological polar surface area (TPSA) is 73.0 Å². The second-order valence-electron chi connectivity index (χ2n) is 9.87. The quantitative estimate of drug-likeness (QED) is 0.323. The largest absolute Gasteiger partial charge is 0.325 e. The molecular weight excluding hydrogens is 489 g/mol. The fourth-order valence-electron chi connectivity index (χ4n) is 5.43. The van der Waals surface area contributed by atoms with Crippen molar-refractivity contribution in [3.05, 3.63) is 78.1 Å². The summed E-state index contributed by atoms with van der Waals surface area (Å²) in [6.45, 7) is 5.69. The number of aromatic nitrogens is 4. The van der Waals surface area contributed by atoms with Crippen LogP contribution in [0.4, 0.5) is 4.39 Å². The van der Waals surface area contributed by atoms with Gasteiger partial charge >= 0.3 is 0 Å². The van der Waals surface area contributed by atoms with Gasteiger partial charge in [0, 0.05) is 28.9 Å². The smallest absolute Gasteiger partial charge is 0.269 e. The third-order valence-electron chi connectivity index (χ3n) is 7.35. The Morgan fingerprint density at radius 3 is 2.43 bits per heavy atom. The van der Waals surface area contributed by atoms with Crippen LogP contribution in [-0.4, -0.2) is 52.0 Å². The first kappa shape index (κ1) is 23.8. The standard InChI is InChI=1S/C28H28FN5O2S/c1-18-9-10-23-24(17-33(28(23)30-18)37(35,36)22-7-5-4-6-8-22)20-15-25(29)27-26(16-20)34(19(2)31-27)21-11-13-32(3)14-12-21/h4-10,15-17,21H,11-14H2,1-3H3. The number of hydrogen-bond donors (Lipinski definition) is 0. The van der Waals surface area contributed by atoms with E-state index in [4.69, 9.17) is 0 Å². The lowest BCUT2D eigenvalue weighted by atomic mass is 10.0. The first-order valence-corrected chi connectivity index (χ1v) is 13.8. The number of likely N-dealkylation sites (tertiary alicyclic amines) is 1. The van der Waals surface area contributed by atoms with Crippen LogP contribution in [0, 0.1) is 19.7 Å². The summed E-state index contributed by atoms with van der Waals surface area (Å²) in [6, 6.07) is 15.6. The number of piperidine rings is 1. The predicted octanol–water partition coefficient (Wildman–Crippen LogP) is 5.31. The van der Waals surface area contributed by atoms with E-state index in [1.807, 2.05) is 32.0 Å². The molecule has 1 fully saturated rings. The van der Waals surface area contributed by atoms with E-state index >= 15 is 4.39 Å². The fourth-order valence-corrected chi connectivity index (χ4v) is 6.77. The van der Waals surface area contributed by atoms with Gasteiger partial charge in [-0.2, -0.15) is 0 Å². The molecule has 1 saturated heterocycles. The molecule has 2 aromatic carbocycles. The molecule has 190 valence electrons. The molecule has 1 aliphatic heterocycles. The normalized spacial score (nSPS) is 15.7. The van der Waals surface area contributed by atoms with Crippen molar-refractivity contribution in [3.63, 3.8) is 0 Å². The molecule has 0 unspecified atom stereocenters. The molecule has 0 bridgehead atoms. The molecule has 6 rings (SSSR count). The highest BCUT2D eigenvalue weighted by Crippen LogP contribution is 2.37. The summed E-state index contributed by atoms with van der Waals surface area (Å²) in [5, 5.41) is 0.644. The summed E-state index contributed by atoms with van der Waals surface area (Å²) < 4.78 is 46.1. The number of fused-ring (bicyclic) bond motifs is 2. The third kappa shape index (κ3) is 3.93. The Kier molecular flexibility index (Phi) is 5.65. The van der Waals surface area contributed by atoms with E-state index in [1.165, 1.54) is 10.0 Å². The van der Waals surface area contributed by atoms with Gasteiger partial charge in [-0.25, -0.2) is 26.7 Å². The van der Waals surface area contributed by atoms with E-state index in [1.54, 1.807) is 36.5 Å². The van der Waals surface area contributed by atoms with E-state index < -0.39 is 15.8 Å². The molecular formula is C28H28FN5O2S. The number of benzene rings is 2. The Bertz CT molecular complexity index is 1750. The lowest BCUT2D eigenvalue weighted by molar-refractivity contribution is 0.222. The van der Waals surface area contributed by atoms with Gasteiger partial charge in [-0.15, -0.1) is 0 Å². The van der Waals surface area contributed by atoms with Gasteiger partial charge < -0.3 is 9.47 Å². The van der Waals surface area contributed by atoms with Crippen LogP contribution in [0.1, 0.15) is 30.4 Å². The van der Waals surface area contributed by atoms with Crippen LogP contribution >= 0.6 is 0 Å². The summed E-state index contributed by atoms with van der Waals surface area (Å²) in [6.07, 6.45) is 3.49. The zero-order valence-electron chi connectivity index (χ0n) is 21.0. The molecule has 37 heavy (non-hydrogen) atoms. The van der Waals surface area contributed by atoms with Gasteiger partial charge in [0.1, 0.15) is 11.3 Å². The minimum Gasteiger partial charge on any atom is -0.325 e. The maximum atomic E-state index is 15.5. The first-order valence-electron chi connectivity index (χ1n) is 12.4. The maximum absolute atomic E-state index is 15.5. The van der Waals surface area contributed by atoms with Crippen LogP contribution < -0.4 is 0 Å². The Morgan fingerprint density at radius 2 is 1.70 bits per heavy atom. The van der Waals surface area contributed by atoms with Crippen LogP contribution in [0.15, 0.2) is 65.7 Å². The number of imidazole rings is 1. The number of halogens is 1. The Balaban J connectivity index is 1.57. The van der Waals surface area contributed by atoms with Crippen molar-refractivity contribution in [1.82, 2.24) is 23.4 Å². The third-order valence-corrected chi connectivity index (χ3v) is 9.01. The van der Waals surface area contributed by atoms with Crippen molar-refractivity contribution in [1.29, 1.82) is 0 Å². The highest BCUT2D eigenvalue weighted by atomic mass is 32.2. The lowest BCUT2D eigenvalue weighted by Crippen LogP contribution is -2.31. The highest BCUT2D eigenvalue weighted by molar-refractivity contribution is 7.90. The average Bonchev–Trinajstić information content (AvgIpc) is 3.43. The van der Waals surface area contributed by atoms with Gasteiger partial charge in [-0.1, -0.05) is 18.2 Å². The van der Waals surface area contributed by atoms with Gasteiger partial charge in [-0.05, 0) is 88.8 Å². The predicted molar refractivity (Wildman–Crippen MR) is 143 cm³/mol. The first-order chi connectivity index (χ1) is 17.7. The van der Waals surface area contributed by atoms with Gasteiger partial charge in [-0.3, -0.25) is 0 Å². The molecule has 0 radical (unpaired) electrons. The molecule has 0 N–H and O–H groups in total. The molecule has 0 atom stereocenters. The van der Waals surface area contributed by atoms with Crippen LogP contribution in [0.25, 0.3) is 33.2 Å². The molecule has 0 aliphatic carbocycles. The monoisotopic (exact) mass is 517 g/mol. The highest BCUT2D eigenvalue weighted by Gasteiger charge is 2.26.